The Morgan fingerprint density at radius 1 is 1.03 bits per heavy atom. The first-order valence-corrected chi connectivity index (χ1v) is 9.91. The quantitative estimate of drug-likeness (QED) is 0.129. The van der Waals surface area contributed by atoms with E-state index in [1.165, 1.54) is 13.3 Å². The third-order valence-electron chi connectivity index (χ3n) is 4.43. The molecule has 162 valence electrons. The monoisotopic (exact) mass is 459 g/mol. The number of halogens is 4. The largest absolute Gasteiger partial charge is 0.497 e. The smallest absolute Gasteiger partial charge is 0.284 e. The topological polar surface area (TPSA) is 54.8 Å². The first-order valence-electron chi connectivity index (χ1n) is 9.10. The minimum atomic E-state index is -2.09. The number of methoxy groups -OCH3 is 1. The Morgan fingerprint density at radius 3 is 2.44 bits per heavy atom. The molecule has 4 rings (SSSR count). The first-order chi connectivity index (χ1) is 15.4. The Hall–Kier alpha value is -3.79. The standard InChI is InChI=1S/C22H13F4N3O2S/c1-31-13-8-6-12(7-9-13)11-27-29(22-28-16-4-2-3-5-17(16)32-22)21(30)14-10-15(23)19(25)20(26)18(14)24/h2-11H,1H3. The van der Waals surface area contributed by atoms with Crippen LogP contribution in [0, 0.1) is 23.3 Å². The van der Waals surface area contributed by atoms with Crippen molar-refractivity contribution in [3.63, 3.8) is 0 Å². The van der Waals surface area contributed by atoms with E-state index in [0.29, 0.717) is 32.6 Å². The molecule has 0 fully saturated rings. The van der Waals surface area contributed by atoms with Gasteiger partial charge >= 0.3 is 0 Å². The fourth-order valence-electron chi connectivity index (χ4n) is 2.80. The summed E-state index contributed by atoms with van der Waals surface area (Å²) in [5.41, 5.74) is 0.0797. The normalized spacial score (nSPS) is 11.3. The highest BCUT2D eigenvalue weighted by Crippen LogP contribution is 2.31. The summed E-state index contributed by atoms with van der Waals surface area (Å²) in [5, 5.41) is 4.82. The molecule has 0 radical (unpaired) electrons. The number of aromatic nitrogens is 1. The molecule has 0 aliphatic rings. The van der Waals surface area contributed by atoms with Crippen LogP contribution in [0.3, 0.4) is 0 Å². The molecule has 0 unspecified atom stereocenters. The van der Waals surface area contributed by atoms with E-state index in [2.05, 4.69) is 10.1 Å². The number of anilines is 1. The van der Waals surface area contributed by atoms with E-state index in [-0.39, 0.29) is 5.13 Å². The molecule has 4 aromatic rings. The highest BCUT2D eigenvalue weighted by atomic mass is 32.1. The lowest BCUT2D eigenvalue weighted by Gasteiger charge is -2.15. The lowest BCUT2D eigenvalue weighted by Crippen LogP contribution is -2.27. The first kappa shape index (κ1) is 21.4. The lowest BCUT2D eigenvalue weighted by molar-refractivity contribution is 0.0982. The van der Waals surface area contributed by atoms with E-state index in [0.717, 1.165) is 11.3 Å². The number of carbonyl (C=O) groups is 1. The minimum absolute atomic E-state index is 0.0329. The molecule has 10 heteroatoms. The Morgan fingerprint density at radius 2 is 1.75 bits per heavy atom. The summed E-state index contributed by atoms with van der Waals surface area (Å²) in [6, 6.07) is 13.9. The third kappa shape index (κ3) is 4.04. The second kappa shape index (κ2) is 8.75. The number of para-hydroxylation sites is 1. The summed E-state index contributed by atoms with van der Waals surface area (Å²) in [4.78, 5) is 17.3. The molecular weight excluding hydrogens is 446 g/mol. The van der Waals surface area contributed by atoms with E-state index in [1.807, 2.05) is 0 Å². The molecule has 32 heavy (non-hydrogen) atoms. The van der Waals surface area contributed by atoms with Gasteiger partial charge in [-0.25, -0.2) is 22.5 Å². The molecular formula is C22H13F4N3O2S. The molecule has 0 saturated carbocycles. The van der Waals surface area contributed by atoms with Crippen molar-refractivity contribution < 1.29 is 27.1 Å². The van der Waals surface area contributed by atoms with E-state index >= 15 is 0 Å². The molecule has 3 aromatic carbocycles. The van der Waals surface area contributed by atoms with Gasteiger partial charge in [0, 0.05) is 0 Å². The second-order valence-electron chi connectivity index (χ2n) is 6.45. The van der Waals surface area contributed by atoms with Crippen molar-refractivity contribution in [1.82, 2.24) is 4.98 Å². The minimum Gasteiger partial charge on any atom is -0.497 e. The molecule has 0 aliphatic carbocycles. The summed E-state index contributed by atoms with van der Waals surface area (Å²) >= 11 is 1.06. The van der Waals surface area contributed by atoms with Crippen LogP contribution in [-0.2, 0) is 0 Å². The van der Waals surface area contributed by atoms with Crippen molar-refractivity contribution in [3.05, 3.63) is 89.0 Å². The number of amides is 1. The Bertz CT molecular complexity index is 1310. The zero-order valence-corrected chi connectivity index (χ0v) is 17.2. The molecule has 1 heterocycles. The Labute approximate surface area is 183 Å². The fourth-order valence-corrected chi connectivity index (χ4v) is 3.72. The predicted molar refractivity (Wildman–Crippen MR) is 113 cm³/mol. The summed E-state index contributed by atoms with van der Waals surface area (Å²) in [6.07, 6.45) is 1.29. The van der Waals surface area contributed by atoms with Crippen LogP contribution in [0.4, 0.5) is 22.7 Å². The van der Waals surface area contributed by atoms with Crippen LogP contribution in [0.1, 0.15) is 15.9 Å². The number of carbonyl (C=O) groups excluding carboxylic acids is 1. The highest BCUT2D eigenvalue weighted by molar-refractivity contribution is 7.22. The summed E-state index contributed by atoms with van der Waals surface area (Å²) in [5.74, 6) is -8.23. The van der Waals surface area contributed by atoms with Crippen molar-refractivity contribution >= 4 is 38.8 Å². The van der Waals surface area contributed by atoms with Gasteiger partial charge in [-0.2, -0.15) is 10.1 Å². The number of benzene rings is 3. The highest BCUT2D eigenvalue weighted by Gasteiger charge is 2.28. The number of thiazole rings is 1. The van der Waals surface area contributed by atoms with Gasteiger partial charge in [0.05, 0.1) is 29.1 Å². The van der Waals surface area contributed by atoms with Crippen LogP contribution in [0.15, 0.2) is 59.7 Å². The van der Waals surface area contributed by atoms with Crippen molar-refractivity contribution in [3.8, 4) is 5.75 Å². The van der Waals surface area contributed by atoms with Gasteiger partial charge in [0.15, 0.2) is 23.3 Å². The number of hydrogen-bond donors (Lipinski definition) is 0. The fraction of sp³-hybridized carbons (Fsp3) is 0.0455. The third-order valence-corrected chi connectivity index (χ3v) is 5.44. The van der Waals surface area contributed by atoms with Gasteiger partial charge in [0.2, 0.25) is 5.13 Å². The number of nitrogens with zero attached hydrogens (tertiary/aromatic N) is 3. The van der Waals surface area contributed by atoms with Crippen LogP contribution >= 0.6 is 11.3 Å². The zero-order chi connectivity index (χ0) is 22.8. The van der Waals surface area contributed by atoms with Gasteiger partial charge in [0.1, 0.15) is 5.75 Å². The maximum atomic E-state index is 14.3. The van der Waals surface area contributed by atoms with E-state index in [4.69, 9.17) is 4.74 Å². The van der Waals surface area contributed by atoms with Gasteiger partial charge in [-0.15, -0.1) is 0 Å². The van der Waals surface area contributed by atoms with Crippen molar-refractivity contribution in [2.75, 3.05) is 12.1 Å². The number of hydrogen-bond acceptors (Lipinski definition) is 5. The van der Waals surface area contributed by atoms with Gasteiger partial charge in [-0.05, 0) is 48.0 Å². The van der Waals surface area contributed by atoms with Gasteiger partial charge in [-0.1, -0.05) is 23.5 Å². The van der Waals surface area contributed by atoms with E-state index < -0.39 is 34.7 Å². The summed E-state index contributed by atoms with van der Waals surface area (Å²) in [7, 11) is 1.51. The zero-order valence-electron chi connectivity index (χ0n) is 16.4. The number of fused-ring (bicyclic) bond motifs is 1. The van der Waals surface area contributed by atoms with Crippen LogP contribution in [0.2, 0.25) is 0 Å². The number of hydrazone groups is 1. The summed E-state index contributed by atoms with van der Waals surface area (Å²) < 4.78 is 60.9. The lowest BCUT2D eigenvalue weighted by atomic mass is 10.1. The maximum absolute atomic E-state index is 14.3. The molecule has 1 aromatic heterocycles. The van der Waals surface area contributed by atoms with Crippen LogP contribution in [0.25, 0.3) is 10.2 Å². The van der Waals surface area contributed by atoms with Crippen LogP contribution in [0.5, 0.6) is 5.75 Å². The maximum Gasteiger partial charge on any atom is 0.284 e. The van der Waals surface area contributed by atoms with Crippen molar-refractivity contribution in [2.24, 2.45) is 5.10 Å². The number of ether oxygens (including phenoxy) is 1. The van der Waals surface area contributed by atoms with Crippen LogP contribution < -0.4 is 9.75 Å². The molecule has 0 N–H and O–H groups in total. The number of rotatable bonds is 5. The SMILES string of the molecule is COc1ccc(C=NN(C(=O)c2cc(F)c(F)c(F)c2F)c2nc3ccccc3s2)cc1. The molecule has 0 bridgehead atoms. The van der Waals surface area contributed by atoms with Gasteiger partial charge in [-0.3, -0.25) is 4.79 Å². The Kier molecular flexibility index (Phi) is 5.87. The predicted octanol–water partition coefficient (Wildman–Crippen LogP) is 5.54. The molecule has 5 nitrogen and oxygen atoms in total. The molecule has 0 aliphatic heterocycles. The molecule has 0 spiro atoms. The van der Waals surface area contributed by atoms with E-state index in [1.54, 1.807) is 48.5 Å². The van der Waals surface area contributed by atoms with Gasteiger partial charge in [0.25, 0.3) is 5.91 Å². The molecule has 1 amide bonds. The van der Waals surface area contributed by atoms with Crippen LogP contribution in [-0.4, -0.2) is 24.2 Å². The van der Waals surface area contributed by atoms with Crippen molar-refractivity contribution in [1.29, 1.82) is 0 Å². The molecule has 0 atom stereocenters. The average molecular weight is 459 g/mol. The molecule has 0 saturated heterocycles. The van der Waals surface area contributed by atoms with Crippen molar-refractivity contribution in [2.45, 2.75) is 0 Å². The second-order valence-corrected chi connectivity index (χ2v) is 7.46. The van der Waals surface area contributed by atoms with Gasteiger partial charge < -0.3 is 4.74 Å². The average Bonchev–Trinajstić information content (AvgIpc) is 3.24. The van der Waals surface area contributed by atoms with E-state index in [9.17, 15) is 22.4 Å². The summed E-state index contributed by atoms with van der Waals surface area (Å²) in [6.45, 7) is 0. The Balaban J connectivity index is 1.79.